The van der Waals surface area contributed by atoms with Gasteiger partial charge in [-0.05, 0) is 25.2 Å². The normalized spacial score (nSPS) is 10.8. The van der Waals surface area contributed by atoms with E-state index in [1.807, 2.05) is 7.05 Å². The maximum Gasteiger partial charge on any atom is 0.181 e. The molecule has 2 aromatic carbocycles. The Morgan fingerprint density at radius 3 is 2.61 bits per heavy atom. The molecule has 1 aromatic heterocycles. The summed E-state index contributed by atoms with van der Waals surface area (Å²) in [6, 6.07) is 8.07. The highest BCUT2D eigenvalue weighted by molar-refractivity contribution is 6.32. The van der Waals surface area contributed by atoms with Crippen molar-refractivity contribution in [1.29, 1.82) is 0 Å². The second-order valence-corrected chi connectivity index (χ2v) is 6.31. The lowest BCUT2D eigenvalue weighted by atomic mass is 10.1. The van der Waals surface area contributed by atoms with Crippen LogP contribution in [0, 0.1) is 5.82 Å². The number of likely N-dealkylation sites (N-methyl/N-ethyl adjacent to an activating group) is 1. The van der Waals surface area contributed by atoms with Crippen molar-refractivity contribution >= 4 is 28.2 Å². The molecule has 0 atom stereocenters. The minimum absolute atomic E-state index is 0.0542. The van der Waals surface area contributed by atoms with Crippen molar-refractivity contribution in [2.24, 2.45) is 0 Å². The van der Waals surface area contributed by atoms with Crippen LogP contribution in [0.2, 0.25) is 5.02 Å². The molecule has 2 N–H and O–H groups in total. The third-order valence-corrected chi connectivity index (χ3v) is 4.38. The van der Waals surface area contributed by atoms with Crippen molar-refractivity contribution in [3.63, 3.8) is 0 Å². The molecule has 0 spiro atoms. The van der Waals surface area contributed by atoms with E-state index in [0.717, 1.165) is 0 Å². The SMILES string of the molecule is CNCCOc1cc2nccc(Oc3c(F)cc(NC)cc3Cl)c2cc1OC. The lowest BCUT2D eigenvalue weighted by molar-refractivity contribution is 0.296. The lowest BCUT2D eigenvalue weighted by Crippen LogP contribution is -2.16. The van der Waals surface area contributed by atoms with Gasteiger partial charge < -0.3 is 24.8 Å². The number of rotatable bonds is 8. The fourth-order valence-corrected chi connectivity index (χ4v) is 2.91. The molecule has 3 rings (SSSR count). The second kappa shape index (κ2) is 8.95. The summed E-state index contributed by atoms with van der Waals surface area (Å²) in [4.78, 5) is 4.35. The molecule has 0 radical (unpaired) electrons. The number of nitrogens with zero attached hydrogens (tertiary/aromatic N) is 1. The van der Waals surface area contributed by atoms with Gasteiger partial charge in [-0.2, -0.15) is 0 Å². The number of nitrogens with one attached hydrogen (secondary N) is 2. The molecule has 0 aliphatic heterocycles. The molecule has 0 unspecified atom stereocenters. The number of aromatic nitrogens is 1. The maximum atomic E-state index is 14.5. The number of methoxy groups -OCH3 is 1. The van der Waals surface area contributed by atoms with Crippen LogP contribution in [0.25, 0.3) is 10.9 Å². The summed E-state index contributed by atoms with van der Waals surface area (Å²) in [5.74, 6) is 0.876. The summed E-state index contributed by atoms with van der Waals surface area (Å²) in [6.45, 7) is 1.17. The highest BCUT2D eigenvalue weighted by Gasteiger charge is 2.16. The van der Waals surface area contributed by atoms with Crippen molar-refractivity contribution in [3.05, 3.63) is 47.4 Å². The Morgan fingerprint density at radius 2 is 1.93 bits per heavy atom. The zero-order chi connectivity index (χ0) is 20.1. The van der Waals surface area contributed by atoms with Gasteiger partial charge in [0.2, 0.25) is 0 Å². The van der Waals surface area contributed by atoms with Crippen LogP contribution in [0.3, 0.4) is 0 Å². The Balaban J connectivity index is 2.01. The first-order chi connectivity index (χ1) is 13.6. The molecule has 148 valence electrons. The summed E-state index contributed by atoms with van der Waals surface area (Å²) >= 11 is 6.20. The molecule has 0 saturated carbocycles. The molecule has 6 nitrogen and oxygen atoms in total. The van der Waals surface area contributed by atoms with Crippen LogP contribution in [0.1, 0.15) is 0 Å². The molecule has 28 heavy (non-hydrogen) atoms. The van der Waals surface area contributed by atoms with E-state index in [1.54, 1.807) is 44.6 Å². The zero-order valence-corrected chi connectivity index (χ0v) is 16.6. The molecule has 0 bridgehead atoms. The van der Waals surface area contributed by atoms with Crippen LogP contribution in [-0.2, 0) is 0 Å². The quantitative estimate of drug-likeness (QED) is 0.539. The Morgan fingerprint density at radius 1 is 1.11 bits per heavy atom. The van der Waals surface area contributed by atoms with E-state index in [-0.39, 0.29) is 10.8 Å². The lowest BCUT2D eigenvalue weighted by Gasteiger charge is -2.15. The van der Waals surface area contributed by atoms with Gasteiger partial charge in [-0.15, -0.1) is 0 Å². The van der Waals surface area contributed by atoms with Crippen LogP contribution in [-0.4, -0.2) is 39.3 Å². The number of anilines is 1. The van der Waals surface area contributed by atoms with Gasteiger partial charge in [-0.25, -0.2) is 4.39 Å². The van der Waals surface area contributed by atoms with Crippen molar-refractivity contribution in [3.8, 4) is 23.0 Å². The fourth-order valence-electron chi connectivity index (χ4n) is 2.66. The molecule has 0 saturated heterocycles. The molecule has 0 fully saturated rings. The highest BCUT2D eigenvalue weighted by Crippen LogP contribution is 2.40. The molecular formula is C20H21ClFN3O3. The van der Waals surface area contributed by atoms with Crippen LogP contribution >= 0.6 is 11.6 Å². The van der Waals surface area contributed by atoms with Gasteiger partial charge in [0.05, 0.1) is 17.6 Å². The minimum atomic E-state index is -0.569. The van der Waals surface area contributed by atoms with E-state index in [9.17, 15) is 4.39 Å². The van der Waals surface area contributed by atoms with E-state index < -0.39 is 5.82 Å². The van der Waals surface area contributed by atoms with Crippen molar-refractivity contribution in [2.75, 3.05) is 39.7 Å². The number of hydrogen-bond donors (Lipinski definition) is 2. The molecular weight excluding hydrogens is 385 g/mol. The second-order valence-electron chi connectivity index (χ2n) is 5.90. The topological polar surface area (TPSA) is 64.6 Å². The van der Waals surface area contributed by atoms with Crippen molar-refractivity contribution in [2.45, 2.75) is 0 Å². The van der Waals surface area contributed by atoms with Gasteiger partial charge >= 0.3 is 0 Å². The number of ether oxygens (including phenoxy) is 3. The van der Waals surface area contributed by atoms with E-state index in [2.05, 4.69) is 15.6 Å². The molecule has 0 aliphatic carbocycles. The Bertz CT molecular complexity index is 961. The number of halogens is 2. The average Bonchev–Trinajstić information content (AvgIpc) is 2.70. The van der Waals surface area contributed by atoms with Gasteiger partial charge in [0.15, 0.2) is 23.1 Å². The zero-order valence-electron chi connectivity index (χ0n) is 15.8. The predicted octanol–water partition coefficient (Wildman–Crippen LogP) is 4.47. The maximum absolute atomic E-state index is 14.5. The van der Waals surface area contributed by atoms with Crippen LogP contribution in [0.5, 0.6) is 23.0 Å². The van der Waals surface area contributed by atoms with Gasteiger partial charge in [-0.3, -0.25) is 4.98 Å². The van der Waals surface area contributed by atoms with Crippen molar-refractivity contribution in [1.82, 2.24) is 10.3 Å². The van der Waals surface area contributed by atoms with Gasteiger partial charge in [0.25, 0.3) is 0 Å². The van der Waals surface area contributed by atoms with Crippen molar-refractivity contribution < 1.29 is 18.6 Å². The number of hydrogen-bond acceptors (Lipinski definition) is 6. The Labute approximate surface area is 167 Å². The summed E-state index contributed by atoms with van der Waals surface area (Å²) < 4.78 is 31.4. The number of benzene rings is 2. The first kappa shape index (κ1) is 20.0. The largest absolute Gasteiger partial charge is 0.493 e. The molecule has 0 aliphatic rings. The average molecular weight is 406 g/mol. The van der Waals surface area contributed by atoms with Gasteiger partial charge in [-0.1, -0.05) is 11.6 Å². The molecule has 3 aromatic rings. The monoisotopic (exact) mass is 405 g/mol. The third kappa shape index (κ3) is 4.21. The fraction of sp³-hybridized carbons (Fsp3) is 0.250. The standard InChI is InChI=1S/C20H21ClFN3O3/c1-23-6-7-27-19-11-16-13(10-18(19)26-3)17(4-5-25-16)28-20-14(21)8-12(24-2)9-15(20)22/h4-5,8-11,23-24H,6-7H2,1-3H3. The Kier molecular flexibility index (Phi) is 6.38. The molecule has 8 heteroatoms. The molecule has 1 heterocycles. The first-order valence-corrected chi connectivity index (χ1v) is 9.04. The van der Waals surface area contributed by atoms with Gasteiger partial charge in [0.1, 0.15) is 12.4 Å². The van der Waals surface area contributed by atoms with E-state index in [4.69, 9.17) is 25.8 Å². The minimum Gasteiger partial charge on any atom is -0.493 e. The summed E-state index contributed by atoms with van der Waals surface area (Å²) in [6.07, 6.45) is 1.58. The van der Waals surface area contributed by atoms with Gasteiger partial charge in [0, 0.05) is 43.0 Å². The van der Waals surface area contributed by atoms with E-state index in [0.29, 0.717) is 47.0 Å². The predicted molar refractivity (Wildman–Crippen MR) is 109 cm³/mol. The number of fused-ring (bicyclic) bond motifs is 1. The van der Waals surface area contributed by atoms with E-state index in [1.165, 1.54) is 6.07 Å². The van der Waals surface area contributed by atoms with E-state index >= 15 is 0 Å². The summed E-state index contributed by atoms with van der Waals surface area (Å²) in [5, 5.41) is 6.67. The molecule has 0 amide bonds. The summed E-state index contributed by atoms with van der Waals surface area (Å²) in [7, 11) is 5.08. The smallest absolute Gasteiger partial charge is 0.181 e. The summed E-state index contributed by atoms with van der Waals surface area (Å²) in [5.41, 5.74) is 1.18. The van der Waals surface area contributed by atoms with Crippen LogP contribution in [0.4, 0.5) is 10.1 Å². The van der Waals surface area contributed by atoms with Crippen LogP contribution in [0.15, 0.2) is 36.5 Å². The highest BCUT2D eigenvalue weighted by atomic mass is 35.5. The van der Waals surface area contributed by atoms with Crippen LogP contribution < -0.4 is 24.8 Å². The Hall–Kier alpha value is -2.77. The third-order valence-electron chi connectivity index (χ3n) is 4.10. The number of pyridine rings is 1. The first-order valence-electron chi connectivity index (χ1n) is 8.66.